The predicted octanol–water partition coefficient (Wildman–Crippen LogP) is 4.68. The number of ether oxygens (including phenoxy) is 1. The monoisotopic (exact) mass is 280 g/mol. The fourth-order valence-corrected chi connectivity index (χ4v) is 3.58. The minimum atomic E-state index is 0.0521. The molecule has 20 heavy (non-hydrogen) atoms. The van der Waals surface area contributed by atoms with Gasteiger partial charge in [0.2, 0.25) is 0 Å². The smallest absolute Gasteiger partial charge is 0.135 e. The third-order valence-corrected chi connectivity index (χ3v) is 4.54. The van der Waals surface area contributed by atoms with Crippen molar-refractivity contribution in [1.29, 1.82) is 0 Å². The molecule has 2 heterocycles. The Kier molecular flexibility index (Phi) is 2.62. The Morgan fingerprint density at radius 2 is 1.50 bits per heavy atom. The third-order valence-electron chi connectivity index (χ3n) is 3.56. The van der Waals surface area contributed by atoms with Crippen LogP contribution in [0, 0.1) is 0 Å². The number of rotatable bonds is 1. The molecule has 0 saturated carbocycles. The van der Waals surface area contributed by atoms with Crippen LogP contribution in [0.4, 0.5) is 0 Å². The average Bonchev–Trinajstić information content (AvgIpc) is 2.86. The van der Waals surface area contributed by atoms with E-state index in [2.05, 4.69) is 11.4 Å². The summed E-state index contributed by atoms with van der Waals surface area (Å²) in [6.45, 7) is 0.0521. The minimum Gasteiger partial charge on any atom is -0.456 e. The number of aliphatic hydroxyl groups is 1. The lowest BCUT2D eigenvalue weighted by Gasteiger charge is -2.08. The van der Waals surface area contributed by atoms with Crippen molar-refractivity contribution in [2.45, 2.75) is 6.61 Å². The maximum Gasteiger partial charge on any atom is 0.135 e. The van der Waals surface area contributed by atoms with E-state index in [-0.39, 0.29) is 6.61 Å². The van der Waals surface area contributed by atoms with Crippen LogP contribution in [0.3, 0.4) is 0 Å². The van der Waals surface area contributed by atoms with Gasteiger partial charge in [0.15, 0.2) is 0 Å². The summed E-state index contributed by atoms with van der Waals surface area (Å²) in [6.07, 6.45) is 0. The van der Waals surface area contributed by atoms with E-state index < -0.39 is 0 Å². The summed E-state index contributed by atoms with van der Waals surface area (Å²) in [4.78, 5) is 0.979. The van der Waals surface area contributed by atoms with Gasteiger partial charge in [-0.2, -0.15) is 0 Å². The van der Waals surface area contributed by atoms with Crippen LogP contribution in [0.1, 0.15) is 4.88 Å². The van der Waals surface area contributed by atoms with Gasteiger partial charge in [-0.25, -0.2) is 0 Å². The minimum absolute atomic E-state index is 0.0521. The van der Waals surface area contributed by atoms with Gasteiger partial charge < -0.3 is 9.84 Å². The summed E-state index contributed by atoms with van der Waals surface area (Å²) in [5.41, 5.74) is 4.36. The lowest BCUT2D eigenvalue weighted by Crippen LogP contribution is -1.86. The van der Waals surface area contributed by atoms with Crippen molar-refractivity contribution in [3.8, 4) is 33.8 Å². The molecule has 1 aliphatic rings. The fourth-order valence-electron chi connectivity index (χ4n) is 2.67. The molecule has 0 aliphatic carbocycles. The molecule has 98 valence electrons. The van der Waals surface area contributed by atoms with Gasteiger partial charge in [-0.15, -0.1) is 11.3 Å². The zero-order chi connectivity index (χ0) is 13.5. The number of thiophene rings is 1. The first-order valence-corrected chi connectivity index (χ1v) is 7.34. The first-order chi connectivity index (χ1) is 9.88. The molecule has 1 aliphatic heterocycles. The lowest BCUT2D eigenvalue weighted by molar-refractivity contribution is 0.286. The molecule has 2 nitrogen and oxygen atoms in total. The van der Waals surface area contributed by atoms with E-state index in [1.54, 1.807) is 11.3 Å². The summed E-state index contributed by atoms with van der Waals surface area (Å²) in [5.74, 6) is 1.70. The Morgan fingerprint density at radius 1 is 0.850 bits per heavy atom. The maximum atomic E-state index is 9.62. The van der Waals surface area contributed by atoms with Crippen LogP contribution in [0.15, 0.2) is 53.9 Å². The summed E-state index contributed by atoms with van der Waals surface area (Å²) >= 11 is 1.60. The fraction of sp³-hybridized carbons (Fsp3) is 0.0588. The van der Waals surface area contributed by atoms with Gasteiger partial charge in [0.25, 0.3) is 0 Å². The van der Waals surface area contributed by atoms with Crippen molar-refractivity contribution in [1.82, 2.24) is 0 Å². The van der Waals surface area contributed by atoms with Crippen molar-refractivity contribution >= 4 is 11.3 Å². The van der Waals surface area contributed by atoms with Crippen LogP contribution < -0.4 is 4.74 Å². The molecule has 0 bridgehead atoms. The van der Waals surface area contributed by atoms with E-state index in [4.69, 9.17) is 4.74 Å². The third kappa shape index (κ3) is 1.60. The summed E-state index contributed by atoms with van der Waals surface area (Å²) in [6, 6.07) is 16.0. The van der Waals surface area contributed by atoms with Crippen LogP contribution in [-0.4, -0.2) is 5.11 Å². The summed E-state index contributed by atoms with van der Waals surface area (Å²) < 4.78 is 6.07. The summed E-state index contributed by atoms with van der Waals surface area (Å²) in [5, 5.41) is 11.7. The molecule has 0 unspecified atom stereocenters. The Labute approximate surface area is 120 Å². The molecule has 1 aromatic heterocycles. The van der Waals surface area contributed by atoms with E-state index in [1.807, 2.05) is 42.5 Å². The number of fused-ring (bicyclic) bond motifs is 5. The number of hydrogen-bond acceptors (Lipinski definition) is 3. The Morgan fingerprint density at radius 3 is 2.25 bits per heavy atom. The standard InChI is InChI=1S/C17H12O2S/c18-9-16-17-12-6-2-4-8-15(12)19-14-7-3-1-5-11(14)13(17)10-20-16/h1-8,10,18H,9H2. The second-order valence-electron chi connectivity index (χ2n) is 4.70. The molecular formula is C17H12O2S. The van der Waals surface area contributed by atoms with E-state index in [0.29, 0.717) is 0 Å². The van der Waals surface area contributed by atoms with E-state index in [9.17, 15) is 5.11 Å². The Hall–Kier alpha value is -2.10. The van der Waals surface area contributed by atoms with Crippen molar-refractivity contribution in [2.75, 3.05) is 0 Å². The van der Waals surface area contributed by atoms with Gasteiger partial charge in [-0.05, 0) is 17.5 Å². The van der Waals surface area contributed by atoms with Gasteiger partial charge >= 0.3 is 0 Å². The number of hydrogen-bond donors (Lipinski definition) is 1. The SMILES string of the molecule is OCc1scc2c1-c1ccccc1Oc1ccccc1-2. The predicted molar refractivity (Wildman–Crippen MR) is 81.2 cm³/mol. The van der Waals surface area contributed by atoms with Crippen molar-refractivity contribution in [3.05, 3.63) is 58.8 Å². The Bertz CT molecular complexity index is 789. The molecule has 0 atom stereocenters. The van der Waals surface area contributed by atoms with E-state index in [1.165, 1.54) is 0 Å². The van der Waals surface area contributed by atoms with Crippen LogP contribution in [-0.2, 0) is 6.61 Å². The average molecular weight is 280 g/mol. The highest BCUT2D eigenvalue weighted by Crippen LogP contribution is 2.49. The van der Waals surface area contributed by atoms with Gasteiger partial charge in [0.05, 0.1) is 6.61 Å². The van der Waals surface area contributed by atoms with Crippen LogP contribution in [0.2, 0.25) is 0 Å². The molecule has 0 fully saturated rings. The quantitative estimate of drug-likeness (QED) is 0.548. The van der Waals surface area contributed by atoms with Crippen LogP contribution >= 0.6 is 11.3 Å². The van der Waals surface area contributed by atoms with Crippen molar-refractivity contribution in [3.63, 3.8) is 0 Å². The highest BCUT2D eigenvalue weighted by Gasteiger charge is 2.23. The molecule has 0 amide bonds. The molecule has 0 radical (unpaired) electrons. The zero-order valence-corrected chi connectivity index (χ0v) is 11.5. The molecule has 3 aromatic rings. The molecule has 1 N–H and O–H groups in total. The van der Waals surface area contributed by atoms with Gasteiger partial charge in [-0.3, -0.25) is 0 Å². The van der Waals surface area contributed by atoms with Gasteiger partial charge in [0.1, 0.15) is 11.5 Å². The first kappa shape index (κ1) is 11.7. The van der Waals surface area contributed by atoms with Crippen LogP contribution in [0.25, 0.3) is 22.3 Å². The second-order valence-corrected chi connectivity index (χ2v) is 5.66. The topological polar surface area (TPSA) is 29.5 Å². The highest BCUT2D eigenvalue weighted by molar-refractivity contribution is 7.11. The second kappa shape index (κ2) is 4.47. The van der Waals surface area contributed by atoms with Gasteiger partial charge in [-0.1, -0.05) is 36.4 Å². The maximum absolute atomic E-state index is 9.62. The Balaban J connectivity index is 2.12. The molecule has 0 spiro atoms. The van der Waals surface area contributed by atoms with Gasteiger partial charge in [0, 0.05) is 27.1 Å². The molecule has 2 aromatic carbocycles. The highest BCUT2D eigenvalue weighted by atomic mass is 32.1. The molecule has 3 heteroatoms. The number of para-hydroxylation sites is 2. The molecule has 0 saturated heterocycles. The summed E-state index contributed by atoms with van der Waals surface area (Å²) in [7, 11) is 0. The lowest BCUT2D eigenvalue weighted by atomic mass is 9.97. The van der Waals surface area contributed by atoms with Crippen molar-refractivity contribution < 1.29 is 9.84 Å². The van der Waals surface area contributed by atoms with E-state index >= 15 is 0 Å². The largest absolute Gasteiger partial charge is 0.456 e. The normalized spacial score (nSPS) is 11.8. The zero-order valence-electron chi connectivity index (χ0n) is 10.7. The molecular weight excluding hydrogens is 268 g/mol. The first-order valence-electron chi connectivity index (χ1n) is 6.46. The number of aliphatic hydroxyl groups excluding tert-OH is 1. The van der Waals surface area contributed by atoms with E-state index in [0.717, 1.165) is 38.6 Å². The molecule has 4 rings (SSSR count). The number of benzene rings is 2. The van der Waals surface area contributed by atoms with Crippen molar-refractivity contribution in [2.24, 2.45) is 0 Å². The van der Waals surface area contributed by atoms with Crippen LogP contribution in [0.5, 0.6) is 11.5 Å².